The lowest BCUT2D eigenvalue weighted by atomic mass is 9.75. The van der Waals surface area contributed by atoms with Crippen molar-refractivity contribution in [3.8, 4) is 0 Å². The smallest absolute Gasteiger partial charge is 0.0673 e. The summed E-state index contributed by atoms with van der Waals surface area (Å²) in [5.41, 5.74) is -0.423. The van der Waals surface area contributed by atoms with Crippen LogP contribution in [0.2, 0.25) is 0 Å². The van der Waals surface area contributed by atoms with Gasteiger partial charge in [-0.05, 0) is 43.4 Å². The summed E-state index contributed by atoms with van der Waals surface area (Å²) in [5.74, 6) is 1.92. The molecule has 0 rings (SSSR count). The Kier molecular flexibility index (Phi) is 8.11. The minimum atomic E-state index is -0.423. The van der Waals surface area contributed by atoms with E-state index in [1.54, 1.807) is 0 Å². The summed E-state index contributed by atoms with van der Waals surface area (Å²) in [6, 6.07) is 0. The maximum Gasteiger partial charge on any atom is 0.0673 e. The second-order valence-electron chi connectivity index (χ2n) is 6.47. The number of hydrogen-bond acceptors (Lipinski definition) is 1. The van der Waals surface area contributed by atoms with Gasteiger partial charge in [0.1, 0.15) is 0 Å². The fraction of sp³-hybridized carbons (Fsp3) is 1.00. The molecule has 0 fully saturated rings. The van der Waals surface area contributed by atoms with Gasteiger partial charge >= 0.3 is 0 Å². The van der Waals surface area contributed by atoms with Crippen LogP contribution in [0.15, 0.2) is 0 Å². The molecule has 1 N–H and O–H groups in total. The van der Waals surface area contributed by atoms with E-state index < -0.39 is 5.60 Å². The van der Waals surface area contributed by atoms with E-state index in [-0.39, 0.29) is 0 Å². The van der Waals surface area contributed by atoms with Gasteiger partial charge in [-0.1, -0.05) is 54.4 Å². The SMILES string of the molecule is CCC(CCC(C)C)C(O)(CC)CCC(C)C. The Morgan fingerprint density at radius 1 is 0.882 bits per heavy atom. The van der Waals surface area contributed by atoms with Crippen molar-refractivity contribution in [1.82, 2.24) is 0 Å². The summed E-state index contributed by atoms with van der Waals surface area (Å²) >= 11 is 0. The molecule has 0 radical (unpaired) electrons. The zero-order valence-electron chi connectivity index (χ0n) is 12.9. The van der Waals surface area contributed by atoms with Crippen molar-refractivity contribution in [2.75, 3.05) is 0 Å². The van der Waals surface area contributed by atoms with Crippen molar-refractivity contribution in [2.45, 2.75) is 85.7 Å². The molecule has 0 aromatic heterocycles. The van der Waals surface area contributed by atoms with E-state index in [9.17, 15) is 5.11 Å². The largest absolute Gasteiger partial charge is 0.390 e. The first-order valence-corrected chi connectivity index (χ1v) is 7.58. The molecule has 1 heteroatoms. The van der Waals surface area contributed by atoms with Crippen LogP contribution in [0.25, 0.3) is 0 Å². The Morgan fingerprint density at radius 2 is 1.41 bits per heavy atom. The third kappa shape index (κ3) is 6.45. The molecule has 104 valence electrons. The van der Waals surface area contributed by atoms with Gasteiger partial charge in [0.15, 0.2) is 0 Å². The molecular formula is C16H34O. The van der Waals surface area contributed by atoms with E-state index in [2.05, 4.69) is 41.5 Å². The Bertz CT molecular complexity index is 186. The summed E-state index contributed by atoms with van der Waals surface area (Å²) < 4.78 is 0. The standard InChI is InChI=1S/C16H34O/c1-7-15(10-9-13(3)4)16(17,8-2)12-11-14(5)6/h13-15,17H,7-12H2,1-6H3. The van der Waals surface area contributed by atoms with Gasteiger partial charge in [-0.3, -0.25) is 0 Å². The van der Waals surface area contributed by atoms with E-state index >= 15 is 0 Å². The first kappa shape index (κ1) is 17.0. The summed E-state index contributed by atoms with van der Waals surface area (Å²) in [7, 11) is 0. The normalized spacial score (nSPS) is 17.5. The molecule has 2 unspecified atom stereocenters. The highest BCUT2D eigenvalue weighted by Crippen LogP contribution is 2.34. The van der Waals surface area contributed by atoms with E-state index in [0.717, 1.165) is 31.6 Å². The molecule has 0 aromatic rings. The quantitative estimate of drug-likeness (QED) is 0.601. The minimum absolute atomic E-state index is 0.423. The number of aliphatic hydroxyl groups is 1. The van der Waals surface area contributed by atoms with Crippen LogP contribution in [0.4, 0.5) is 0 Å². The molecule has 0 bridgehead atoms. The van der Waals surface area contributed by atoms with Gasteiger partial charge in [0.05, 0.1) is 5.60 Å². The fourth-order valence-electron chi connectivity index (χ4n) is 2.60. The van der Waals surface area contributed by atoms with Crippen LogP contribution in [0.3, 0.4) is 0 Å². The second kappa shape index (κ2) is 8.13. The summed E-state index contributed by atoms with van der Waals surface area (Å²) in [6.45, 7) is 13.4. The highest BCUT2D eigenvalue weighted by molar-refractivity contribution is 4.85. The van der Waals surface area contributed by atoms with Crippen LogP contribution in [0.5, 0.6) is 0 Å². The molecule has 0 heterocycles. The lowest BCUT2D eigenvalue weighted by Crippen LogP contribution is -2.37. The topological polar surface area (TPSA) is 20.2 Å². The molecule has 0 aliphatic heterocycles. The lowest BCUT2D eigenvalue weighted by molar-refractivity contribution is -0.0400. The Morgan fingerprint density at radius 3 is 1.76 bits per heavy atom. The zero-order chi connectivity index (χ0) is 13.5. The lowest BCUT2D eigenvalue weighted by Gasteiger charge is -2.36. The maximum absolute atomic E-state index is 10.8. The van der Waals surface area contributed by atoms with E-state index in [1.807, 2.05) is 0 Å². The molecule has 1 nitrogen and oxygen atoms in total. The molecule has 0 aromatic carbocycles. The highest BCUT2D eigenvalue weighted by atomic mass is 16.3. The monoisotopic (exact) mass is 242 g/mol. The molecule has 0 spiro atoms. The van der Waals surface area contributed by atoms with Crippen molar-refractivity contribution in [2.24, 2.45) is 17.8 Å². The summed E-state index contributed by atoms with van der Waals surface area (Å²) in [6.07, 6.45) is 6.53. The predicted molar refractivity (Wildman–Crippen MR) is 77.2 cm³/mol. The zero-order valence-corrected chi connectivity index (χ0v) is 12.9. The number of hydrogen-bond donors (Lipinski definition) is 1. The van der Waals surface area contributed by atoms with Crippen molar-refractivity contribution in [3.05, 3.63) is 0 Å². The third-order valence-corrected chi connectivity index (χ3v) is 4.11. The first-order valence-electron chi connectivity index (χ1n) is 7.58. The van der Waals surface area contributed by atoms with Gasteiger partial charge in [-0.2, -0.15) is 0 Å². The van der Waals surface area contributed by atoms with Gasteiger partial charge in [-0.15, -0.1) is 0 Å². The van der Waals surface area contributed by atoms with Gasteiger partial charge in [0.2, 0.25) is 0 Å². The molecule has 0 amide bonds. The van der Waals surface area contributed by atoms with E-state index in [1.165, 1.54) is 12.8 Å². The van der Waals surface area contributed by atoms with Gasteiger partial charge in [-0.25, -0.2) is 0 Å². The van der Waals surface area contributed by atoms with Crippen LogP contribution in [-0.2, 0) is 0 Å². The van der Waals surface area contributed by atoms with Gasteiger partial charge < -0.3 is 5.11 Å². The van der Waals surface area contributed by atoms with Crippen LogP contribution in [0.1, 0.15) is 80.1 Å². The second-order valence-corrected chi connectivity index (χ2v) is 6.47. The maximum atomic E-state index is 10.8. The van der Waals surface area contributed by atoms with E-state index in [0.29, 0.717) is 11.8 Å². The highest BCUT2D eigenvalue weighted by Gasteiger charge is 2.33. The average Bonchev–Trinajstić information content (AvgIpc) is 2.26. The van der Waals surface area contributed by atoms with Crippen LogP contribution in [-0.4, -0.2) is 10.7 Å². The molecular weight excluding hydrogens is 208 g/mol. The molecule has 0 saturated carbocycles. The molecule has 0 aliphatic carbocycles. The summed E-state index contributed by atoms with van der Waals surface area (Å²) in [4.78, 5) is 0. The van der Waals surface area contributed by atoms with E-state index in [4.69, 9.17) is 0 Å². The molecule has 2 atom stereocenters. The van der Waals surface area contributed by atoms with Crippen molar-refractivity contribution in [3.63, 3.8) is 0 Å². The first-order chi connectivity index (χ1) is 7.85. The third-order valence-electron chi connectivity index (χ3n) is 4.11. The van der Waals surface area contributed by atoms with Gasteiger partial charge in [0.25, 0.3) is 0 Å². The Hall–Kier alpha value is -0.0400. The van der Waals surface area contributed by atoms with Crippen LogP contribution >= 0.6 is 0 Å². The minimum Gasteiger partial charge on any atom is -0.390 e. The number of rotatable bonds is 9. The van der Waals surface area contributed by atoms with Gasteiger partial charge in [0, 0.05) is 0 Å². The Labute approximate surface area is 109 Å². The van der Waals surface area contributed by atoms with Crippen LogP contribution in [0, 0.1) is 17.8 Å². The fourth-order valence-corrected chi connectivity index (χ4v) is 2.60. The average molecular weight is 242 g/mol. The Balaban J connectivity index is 4.42. The molecule has 17 heavy (non-hydrogen) atoms. The van der Waals surface area contributed by atoms with Crippen LogP contribution < -0.4 is 0 Å². The van der Waals surface area contributed by atoms with Crippen molar-refractivity contribution >= 4 is 0 Å². The van der Waals surface area contributed by atoms with Crippen molar-refractivity contribution < 1.29 is 5.11 Å². The summed E-state index contributed by atoms with van der Waals surface area (Å²) in [5, 5.41) is 10.8. The molecule has 0 saturated heterocycles. The van der Waals surface area contributed by atoms with Crippen molar-refractivity contribution in [1.29, 1.82) is 0 Å². The predicted octanol–water partition coefficient (Wildman–Crippen LogP) is 5.03. The molecule has 0 aliphatic rings.